The molecule has 0 fully saturated rings. The molecule has 1 aromatic rings. The van der Waals surface area contributed by atoms with Crippen LogP contribution in [-0.2, 0) is 11.4 Å². The molecule has 4 nitrogen and oxygen atoms in total. The van der Waals surface area contributed by atoms with Crippen molar-refractivity contribution in [2.24, 2.45) is 13.9 Å². The van der Waals surface area contributed by atoms with Crippen LogP contribution in [0.2, 0.25) is 0 Å². The third-order valence-electron chi connectivity index (χ3n) is 1.42. The van der Waals surface area contributed by atoms with Crippen LogP contribution in [0, 0.1) is 10.7 Å². The number of nitrogens with zero attached hydrogens (tertiary/aromatic N) is 3. The van der Waals surface area contributed by atoms with Gasteiger partial charge in [-0.1, -0.05) is 0 Å². The minimum atomic E-state index is -0.662. The average molecular weight is 183 g/mol. The van der Waals surface area contributed by atoms with Crippen LogP contribution < -0.4 is 0 Å². The maximum atomic E-state index is 12.8. The third kappa shape index (κ3) is 0.964. The average Bonchev–Trinajstić information content (AvgIpc) is 2.49. The summed E-state index contributed by atoms with van der Waals surface area (Å²) in [5, 5.41) is 2.51. The minimum Gasteiger partial charge on any atom is -0.204 e. The van der Waals surface area contributed by atoms with Crippen molar-refractivity contribution in [2.75, 3.05) is 0 Å². The largest absolute Gasteiger partial charge is 0.204 e. The highest BCUT2D eigenvalue weighted by molar-refractivity contribution is 7.58. The summed E-state index contributed by atoms with van der Waals surface area (Å²) in [6.07, 6.45) is 0. The van der Waals surface area contributed by atoms with Gasteiger partial charge in [0.2, 0.25) is 0 Å². The lowest BCUT2D eigenvalue weighted by Crippen LogP contribution is -1.73. The van der Waals surface area contributed by atoms with Crippen LogP contribution in [0.15, 0.2) is 26.0 Å². The molecule has 0 radical (unpaired) electrons. The Morgan fingerprint density at radius 2 is 2.00 bits per heavy atom. The Morgan fingerprint density at radius 3 is 2.67 bits per heavy atom. The lowest BCUT2D eigenvalue weighted by Gasteiger charge is -1.95. The maximum Gasteiger partial charge on any atom is 0.154 e. The van der Waals surface area contributed by atoms with Crippen molar-refractivity contribution in [3.63, 3.8) is 0 Å². The van der Waals surface area contributed by atoms with Crippen LogP contribution >= 0.6 is 0 Å². The summed E-state index contributed by atoms with van der Waals surface area (Å²) in [5.74, 6) is -0.662. The standard InChI is InChI=1S/C6H2FN3OS/c7-3-1-5-6(10-12-9-5)2-4(3)8-11/h1-2H. The van der Waals surface area contributed by atoms with Gasteiger partial charge in [-0.2, -0.15) is 8.73 Å². The molecule has 6 heteroatoms. The van der Waals surface area contributed by atoms with Crippen LogP contribution in [0.25, 0.3) is 0 Å². The zero-order valence-electron chi connectivity index (χ0n) is 5.69. The molecular formula is C6H2FN3OS. The molecule has 0 aliphatic carbocycles. The number of hydrogen-bond donors (Lipinski definition) is 0. The van der Waals surface area contributed by atoms with Crippen molar-refractivity contribution in [1.29, 1.82) is 0 Å². The van der Waals surface area contributed by atoms with E-state index in [-0.39, 0.29) is 5.69 Å². The van der Waals surface area contributed by atoms with E-state index in [1.165, 1.54) is 6.07 Å². The molecular weight excluding hydrogens is 181 g/mol. The highest BCUT2D eigenvalue weighted by Crippen LogP contribution is 2.36. The van der Waals surface area contributed by atoms with Crippen molar-refractivity contribution in [3.8, 4) is 0 Å². The Labute approximate surface area is 70.3 Å². The summed E-state index contributed by atoms with van der Waals surface area (Å²) in [6.45, 7) is 0. The van der Waals surface area contributed by atoms with Crippen LogP contribution in [0.5, 0.6) is 0 Å². The van der Waals surface area contributed by atoms with Crippen molar-refractivity contribution in [2.45, 2.75) is 0 Å². The van der Waals surface area contributed by atoms with Crippen LogP contribution in [0.1, 0.15) is 0 Å². The van der Waals surface area contributed by atoms with E-state index >= 15 is 0 Å². The number of benzene rings is 1. The second kappa shape index (κ2) is 2.56. The van der Waals surface area contributed by atoms with Gasteiger partial charge in [0.05, 0.1) is 11.4 Å². The van der Waals surface area contributed by atoms with Gasteiger partial charge >= 0.3 is 0 Å². The van der Waals surface area contributed by atoms with Gasteiger partial charge in [0.15, 0.2) is 5.82 Å². The summed E-state index contributed by atoms with van der Waals surface area (Å²) < 4.78 is 20.5. The van der Waals surface area contributed by atoms with Crippen molar-refractivity contribution >= 4 is 28.4 Å². The molecule has 0 saturated heterocycles. The van der Waals surface area contributed by atoms with Gasteiger partial charge < -0.3 is 0 Å². The molecule has 1 aliphatic rings. The predicted molar refractivity (Wildman–Crippen MR) is 43.4 cm³/mol. The second-order valence-electron chi connectivity index (χ2n) is 2.15. The van der Waals surface area contributed by atoms with E-state index in [0.717, 1.165) is 17.4 Å². The van der Waals surface area contributed by atoms with Crippen molar-refractivity contribution < 1.29 is 4.39 Å². The summed E-state index contributed by atoms with van der Waals surface area (Å²) in [4.78, 5) is 10.1. The predicted octanol–water partition coefficient (Wildman–Crippen LogP) is 2.95. The number of nitroso groups, excluding NO2 is 1. The van der Waals surface area contributed by atoms with E-state index in [4.69, 9.17) is 0 Å². The molecule has 0 N–H and O–H groups in total. The van der Waals surface area contributed by atoms with Crippen LogP contribution in [-0.4, -0.2) is 0 Å². The Kier molecular flexibility index (Phi) is 1.54. The fourth-order valence-electron chi connectivity index (χ4n) is 0.865. The Balaban J connectivity index is 2.67. The topological polar surface area (TPSA) is 54.1 Å². The lowest BCUT2D eigenvalue weighted by molar-refractivity contribution is 0.630. The fraction of sp³-hybridized carbons (Fsp3) is 0. The molecule has 2 rings (SSSR count). The first-order valence-corrected chi connectivity index (χ1v) is 3.79. The molecule has 0 aromatic heterocycles. The first-order chi connectivity index (χ1) is 5.81. The van der Waals surface area contributed by atoms with E-state index in [1.807, 2.05) is 0 Å². The zero-order valence-corrected chi connectivity index (χ0v) is 6.51. The van der Waals surface area contributed by atoms with Gasteiger partial charge in [-0.05, 0) is 11.2 Å². The molecule has 0 amide bonds. The quantitative estimate of drug-likeness (QED) is 0.627. The summed E-state index contributed by atoms with van der Waals surface area (Å²) >= 11 is 0.970. The van der Waals surface area contributed by atoms with Gasteiger partial charge in [-0.3, -0.25) is 0 Å². The van der Waals surface area contributed by atoms with Gasteiger partial charge in [0.1, 0.15) is 17.1 Å². The van der Waals surface area contributed by atoms with Crippen molar-refractivity contribution in [1.82, 2.24) is 0 Å². The maximum absolute atomic E-state index is 12.8. The number of hydrogen-bond acceptors (Lipinski definition) is 4. The van der Waals surface area contributed by atoms with Gasteiger partial charge in [0.25, 0.3) is 0 Å². The molecule has 0 saturated carbocycles. The van der Waals surface area contributed by atoms with Crippen LogP contribution in [0.4, 0.5) is 21.5 Å². The van der Waals surface area contributed by atoms with E-state index in [9.17, 15) is 9.30 Å². The monoisotopic (exact) mass is 183 g/mol. The Morgan fingerprint density at radius 1 is 1.33 bits per heavy atom. The first kappa shape index (κ1) is 7.23. The molecule has 1 aliphatic heterocycles. The molecule has 0 atom stereocenters. The molecule has 0 unspecified atom stereocenters. The van der Waals surface area contributed by atoms with E-state index in [0.29, 0.717) is 11.4 Å². The first-order valence-electron chi connectivity index (χ1n) is 3.06. The zero-order chi connectivity index (χ0) is 8.55. The molecule has 0 bridgehead atoms. The van der Waals surface area contributed by atoms with Crippen molar-refractivity contribution in [3.05, 3.63) is 22.9 Å². The summed E-state index contributed by atoms with van der Waals surface area (Å²) in [6, 6.07) is 2.43. The fourth-order valence-corrected chi connectivity index (χ4v) is 1.37. The second-order valence-corrected chi connectivity index (χ2v) is 2.68. The number of rotatable bonds is 1. The minimum absolute atomic E-state index is 0.227. The lowest BCUT2D eigenvalue weighted by atomic mass is 10.2. The van der Waals surface area contributed by atoms with Gasteiger partial charge in [0, 0.05) is 6.07 Å². The molecule has 1 heterocycles. The highest BCUT2D eigenvalue weighted by atomic mass is 32.1. The molecule has 1 aromatic carbocycles. The van der Waals surface area contributed by atoms with Crippen LogP contribution in [0.3, 0.4) is 0 Å². The summed E-state index contributed by atoms with van der Waals surface area (Å²) in [7, 11) is 0. The number of fused-ring (bicyclic) bond motifs is 1. The summed E-state index contributed by atoms with van der Waals surface area (Å²) in [5.41, 5.74) is 0.719. The third-order valence-corrected chi connectivity index (χ3v) is 1.98. The molecule has 12 heavy (non-hydrogen) atoms. The number of halogens is 1. The smallest absolute Gasteiger partial charge is 0.154 e. The van der Waals surface area contributed by atoms with E-state index in [2.05, 4.69) is 13.9 Å². The van der Waals surface area contributed by atoms with Gasteiger partial charge in [-0.15, -0.1) is 4.91 Å². The van der Waals surface area contributed by atoms with Gasteiger partial charge in [-0.25, -0.2) is 4.39 Å². The molecule has 60 valence electrons. The molecule has 0 spiro atoms. The highest BCUT2D eigenvalue weighted by Gasteiger charge is 2.11. The van der Waals surface area contributed by atoms with E-state index < -0.39 is 5.82 Å². The Hall–Kier alpha value is -1.43. The SMILES string of the molecule is O=Nc1cc2c(cc1F)N=S=N2. The normalized spacial score (nSPS) is 12.4. The Bertz CT molecular complexity index is 424. The van der Waals surface area contributed by atoms with E-state index in [1.54, 1.807) is 0 Å².